The van der Waals surface area contributed by atoms with E-state index in [1.54, 1.807) is 0 Å². The van der Waals surface area contributed by atoms with Gasteiger partial charge in [0.15, 0.2) is 0 Å². The van der Waals surface area contributed by atoms with Gasteiger partial charge in [-0.15, -0.1) is 0 Å². The summed E-state index contributed by atoms with van der Waals surface area (Å²) in [5.41, 5.74) is 0. The fourth-order valence-electron chi connectivity index (χ4n) is 0.652. The SMILES string of the molecule is N#CCCCCCCBr.[Zn]. The number of unbranched alkanes of at least 4 members (excludes halogenated alkanes) is 4. The molecule has 0 atom stereocenters. The Bertz CT molecular complexity index is 90.1. The molecule has 0 radical (unpaired) electrons. The quantitative estimate of drug-likeness (QED) is 0.421. The van der Waals surface area contributed by atoms with Crippen LogP contribution in [0.15, 0.2) is 0 Å². The molecule has 54 valence electrons. The van der Waals surface area contributed by atoms with Crippen molar-refractivity contribution in [1.82, 2.24) is 0 Å². The van der Waals surface area contributed by atoms with E-state index in [1.165, 1.54) is 19.3 Å². The maximum atomic E-state index is 8.16. The fraction of sp³-hybridized carbons (Fsp3) is 0.857. The molecule has 1 nitrogen and oxygen atoms in total. The summed E-state index contributed by atoms with van der Waals surface area (Å²) in [7, 11) is 0. The van der Waals surface area contributed by atoms with Crippen LogP contribution in [0.2, 0.25) is 0 Å². The van der Waals surface area contributed by atoms with Gasteiger partial charge in [0, 0.05) is 31.2 Å². The minimum atomic E-state index is 0. The van der Waals surface area contributed by atoms with Crippen LogP contribution in [0.5, 0.6) is 0 Å². The Morgan fingerprint density at radius 3 is 2.20 bits per heavy atom. The number of hydrogen-bond donors (Lipinski definition) is 0. The van der Waals surface area contributed by atoms with E-state index in [4.69, 9.17) is 5.26 Å². The van der Waals surface area contributed by atoms with Crippen molar-refractivity contribution in [3.05, 3.63) is 0 Å². The molecule has 0 aromatic heterocycles. The Balaban J connectivity index is 0. The van der Waals surface area contributed by atoms with E-state index >= 15 is 0 Å². The summed E-state index contributed by atoms with van der Waals surface area (Å²) in [5, 5.41) is 9.26. The first kappa shape index (κ1) is 13.2. The maximum Gasteiger partial charge on any atom is 0.0621 e. The predicted octanol–water partition coefficient (Wildman–Crippen LogP) is 2.85. The van der Waals surface area contributed by atoms with Crippen molar-refractivity contribution in [1.29, 1.82) is 5.26 Å². The topological polar surface area (TPSA) is 23.8 Å². The Labute approximate surface area is 84.1 Å². The second-order valence-corrected chi connectivity index (χ2v) is 2.80. The summed E-state index contributed by atoms with van der Waals surface area (Å²) in [4.78, 5) is 0. The molecule has 0 heterocycles. The molecular formula is C7H12BrNZn. The first-order chi connectivity index (χ1) is 4.41. The minimum absolute atomic E-state index is 0. The molecule has 0 aromatic carbocycles. The van der Waals surface area contributed by atoms with Gasteiger partial charge in [0.25, 0.3) is 0 Å². The normalized spacial score (nSPS) is 8.00. The van der Waals surface area contributed by atoms with Crippen molar-refractivity contribution in [3.8, 4) is 6.07 Å². The Hall–Kier alpha value is 0.593. The summed E-state index contributed by atoms with van der Waals surface area (Å²) in [5.74, 6) is 0. The Morgan fingerprint density at radius 2 is 1.70 bits per heavy atom. The molecule has 0 rings (SSSR count). The molecular weight excluding hydrogens is 243 g/mol. The molecule has 0 N–H and O–H groups in total. The molecule has 0 unspecified atom stereocenters. The van der Waals surface area contributed by atoms with E-state index in [-0.39, 0.29) is 19.5 Å². The minimum Gasteiger partial charge on any atom is -0.198 e. The largest absolute Gasteiger partial charge is 0.198 e. The van der Waals surface area contributed by atoms with Crippen LogP contribution in [0.25, 0.3) is 0 Å². The number of halogens is 1. The van der Waals surface area contributed by atoms with Crippen LogP contribution in [-0.4, -0.2) is 5.33 Å². The van der Waals surface area contributed by atoms with Crippen molar-refractivity contribution < 1.29 is 19.5 Å². The predicted molar refractivity (Wildman–Crippen MR) is 42.5 cm³/mol. The number of rotatable bonds is 5. The zero-order valence-electron chi connectivity index (χ0n) is 6.27. The van der Waals surface area contributed by atoms with Crippen LogP contribution in [0.1, 0.15) is 32.1 Å². The van der Waals surface area contributed by atoms with Gasteiger partial charge in [-0.2, -0.15) is 5.26 Å². The molecule has 0 bridgehead atoms. The van der Waals surface area contributed by atoms with Crippen molar-refractivity contribution >= 4 is 15.9 Å². The van der Waals surface area contributed by atoms with E-state index in [9.17, 15) is 0 Å². The molecule has 0 saturated heterocycles. The zero-order chi connectivity index (χ0) is 6.95. The van der Waals surface area contributed by atoms with E-state index in [1.807, 2.05) is 0 Å². The summed E-state index contributed by atoms with van der Waals surface area (Å²) < 4.78 is 0. The van der Waals surface area contributed by atoms with Crippen molar-refractivity contribution in [2.75, 3.05) is 5.33 Å². The first-order valence-electron chi connectivity index (χ1n) is 3.34. The molecule has 0 fully saturated rings. The van der Waals surface area contributed by atoms with Gasteiger partial charge >= 0.3 is 0 Å². The van der Waals surface area contributed by atoms with Crippen LogP contribution in [-0.2, 0) is 19.5 Å². The van der Waals surface area contributed by atoms with Crippen molar-refractivity contribution in [2.24, 2.45) is 0 Å². The fourth-order valence-corrected chi connectivity index (χ4v) is 1.05. The van der Waals surface area contributed by atoms with Crippen LogP contribution in [0.4, 0.5) is 0 Å². The standard InChI is InChI=1S/C7H12BrN.Zn/c8-6-4-2-1-3-5-7-9;/h1-6H2;. The van der Waals surface area contributed by atoms with Gasteiger partial charge in [0.1, 0.15) is 0 Å². The average Bonchev–Trinajstić information content (AvgIpc) is 1.89. The molecule has 0 aliphatic carbocycles. The summed E-state index contributed by atoms with van der Waals surface area (Å²) >= 11 is 3.35. The first-order valence-corrected chi connectivity index (χ1v) is 4.47. The van der Waals surface area contributed by atoms with E-state index in [0.717, 1.165) is 18.2 Å². The number of alkyl halides is 1. The number of nitrogens with zero attached hydrogens (tertiary/aromatic N) is 1. The zero-order valence-corrected chi connectivity index (χ0v) is 10.8. The van der Waals surface area contributed by atoms with Gasteiger partial charge in [-0.25, -0.2) is 0 Å². The molecule has 10 heavy (non-hydrogen) atoms. The second-order valence-electron chi connectivity index (χ2n) is 2.01. The molecule has 0 aliphatic heterocycles. The third-order valence-corrected chi connectivity index (χ3v) is 1.73. The van der Waals surface area contributed by atoms with Crippen molar-refractivity contribution in [3.63, 3.8) is 0 Å². The maximum absolute atomic E-state index is 8.16. The summed E-state index contributed by atoms with van der Waals surface area (Å²) in [6.45, 7) is 0. The molecule has 0 amide bonds. The number of nitriles is 1. The monoisotopic (exact) mass is 253 g/mol. The molecule has 0 aliphatic rings. The molecule has 0 aromatic rings. The molecule has 3 heteroatoms. The van der Waals surface area contributed by atoms with Crippen molar-refractivity contribution in [2.45, 2.75) is 32.1 Å². The molecule has 0 spiro atoms. The van der Waals surface area contributed by atoms with Gasteiger partial charge in [-0.05, 0) is 12.8 Å². The van der Waals surface area contributed by atoms with Crippen LogP contribution < -0.4 is 0 Å². The third kappa shape index (κ3) is 11.4. The van der Waals surface area contributed by atoms with Gasteiger partial charge < -0.3 is 0 Å². The van der Waals surface area contributed by atoms with Gasteiger partial charge in [-0.1, -0.05) is 28.8 Å². The average molecular weight is 255 g/mol. The van der Waals surface area contributed by atoms with E-state index in [2.05, 4.69) is 22.0 Å². The van der Waals surface area contributed by atoms with Gasteiger partial charge in [-0.3, -0.25) is 0 Å². The van der Waals surface area contributed by atoms with Gasteiger partial charge in [0.2, 0.25) is 0 Å². The summed E-state index contributed by atoms with van der Waals surface area (Å²) in [6, 6.07) is 2.13. The Kier molecular flexibility index (Phi) is 16.2. The Morgan fingerprint density at radius 1 is 1.10 bits per heavy atom. The smallest absolute Gasteiger partial charge is 0.0621 e. The van der Waals surface area contributed by atoms with Crippen LogP contribution >= 0.6 is 15.9 Å². The van der Waals surface area contributed by atoms with E-state index < -0.39 is 0 Å². The van der Waals surface area contributed by atoms with Crippen LogP contribution in [0, 0.1) is 11.3 Å². The van der Waals surface area contributed by atoms with Gasteiger partial charge in [0.05, 0.1) is 6.07 Å². The van der Waals surface area contributed by atoms with Crippen LogP contribution in [0.3, 0.4) is 0 Å². The third-order valence-electron chi connectivity index (χ3n) is 1.17. The molecule has 0 saturated carbocycles. The summed E-state index contributed by atoms with van der Waals surface area (Å²) in [6.07, 6.45) is 5.50. The number of hydrogen-bond acceptors (Lipinski definition) is 1. The van der Waals surface area contributed by atoms with E-state index in [0.29, 0.717) is 0 Å². The second kappa shape index (κ2) is 12.3.